The highest BCUT2D eigenvalue weighted by atomic mass is 35.5. The molecular weight excluding hydrogens is 262 g/mol. The lowest BCUT2D eigenvalue weighted by atomic mass is 10.1. The Kier molecular flexibility index (Phi) is 4.43. The molecule has 1 atom stereocenters. The van der Waals surface area contributed by atoms with Crippen molar-refractivity contribution < 1.29 is 14.8 Å². The zero-order valence-electron chi connectivity index (χ0n) is 9.75. The van der Waals surface area contributed by atoms with Crippen LogP contribution in [0.3, 0.4) is 0 Å². The summed E-state index contributed by atoms with van der Waals surface area (Å²) in [5, 5.41) is 22.1. The van der Waals surface area contributed by atoms with Crippen LogP contribution in [-0.4, -0.2) is 27.0 Å². The summed E-state index contributed by atoms with van der Waals surface area (Å²) in [6.45, 7) is 3.45. The topological polar surface area (TPSA) is 105 Å². The molecule has 0 aliphatic heterocycles. The summed E-state index contributed by atoms with van der Waals surface area (Å²) >= 11 is 5.80. The number of carboxylic acid groups (broad SMARTS) is 1. The SMILES string of the molecule is CC(C)C(Nc1ncc([N+](=O)[O-])cc1Cl)C(=O)O. The molecule has 0 bridgehead atoms. The van der Waals surface area contributed by atoms with Crippen LogP contribution >= 0.6 is 11.6 Å². The van der Waals surface area contributed by atoms with E-state index < -0.39 is 16.9 Å². The maximum absolute atomic E-state index is 11.0. The van der Waals surface area contributed by atoms with Crippen molar-refractivity contribution in [2.75, 3.05) is 5.32 Å². The molecule has 0 spiro atoms. The highest BCUT2D eigenvalue weighted by Crippen LogP contribution is 2.25. The second-order valence-corrected chi connectivity index (χ2v) is 4.39. The minimum atomic E-state index is -1.04. The van der Waals surface area contributed by atoms with Crippen molar-refractivity contribution >= 4 is 29.1 Å². The van der Waals surface area contributed by atoms with Gasteiger partial charge in [0.2, 0.25) is 0 Å². The maximum atomic E-state index is 11.0. The van der Waals surface area contributed by atoms with Crippen molar-refractivity contribution in [1.29, 1.82) is 0 Å². The van der Waals surface area contributed by atoms with Crippen LogP contribution in [0.25, 0.3) is 0 Å². The molecule has 1 aromatic rings. The van der Waals surface area contributed by atoms with Crippen molar-refractivity contribution in [1.82, 2.24) is 4.98 Å². The Morgan fingerprint density at radius 3 is 2.61 bits per heavy atom. The molecule has 0 aliphatic rings. The van der Waals surface area contributed by atoms with E-state index in [0.717, 1.165) is 12.3 Å². The van der Waals surface area contributed by atoms with Crippen LogP contribution in [0, 0.1) is 16.0 Å². The summed E-state index contributed by atoms with van der Waals surface area (Å²) < 4.78 is 0. The number of hydrogen-bond acceptors (Lipinski definition) is 5. The Morgan fingerprint density at radius 2 is 2.22 bits per heavy atom. The average Bonchev–Trinajstić information content (AvgIpc) is 2.25. The number of aliphatic carboxylic acids is 1. The van der Waals surface area contributed by atoms with Gasteiger partial charge in [-0.05, 0) is 5.92 Å². The van der Waals surface area contributed by atoms with Crippen LogP contribution in [0.4, 0.5) is 11.5 Å². The van der Waals surface area contributed by atoms with Crippen LogP contribution < -0.4 is 5.32 Å². The van der Waals surface area contributed by atoms with Gasteiger partial charge in [-0.15, -0.1) is 0 Å². The summed E-state index contributed by atoms with van der Waals surface area (Å²) in [6.07, 6.45) is 1.02. The van der Waals surface area contributed by atoms with Gasteiger partial charge in [0, 0.05) is 6.07 Å². The van der Waals surface area contributed by atoms with Gasteiger partial charge in [0.25, 0.3) is 5.69 Å². The van der Waals surface area contributed by atoms with Crippen LogP contribution in [0.2, 0.25) is 5.02 Å². The highest BCUT2D eigenvalue weighted by molar-refractivity contribution is 6.33. The molecule has 18 heavy (non-hydrogen) atoms. The van der Waals surface area contributed by atoms with Gasteiger partial charge in [0.05, 0.1) is 9.95 Å². The zero-order chi connectivity index (χ0) is 13.9. The fourth-order valence-corrected chi connectivity index (χ4v) is 1.51. The summed E-state index contributed by atoms with van der Waals surface area (Å²) in [6, 6.07) is 0.257. The molecule has 0 amide bonds. The van der Waals surface area contributed by atoms with Crippen molar-refractivity contribution in [2.45, 2.75) is 19.9 Å². The molecule has 0 radical (unpaired) electrons. The second-order valence-electron chi connectivity index (χ2n) is 3.99. The van der Waals surface area contributed by atoms with Crippen LogP contribution in [0.15, 0.2) is 12.3 Å². The van der Waals surface area contributed by atoms with Gasteiger partial charge in [-0.2, -0.15) is 0 Å². The summed E-state index contributed by atoms with van der Waals surface area (Å²) in [4.78, 5) is 24.6. The van der Waals surface area contributed by atoms with E-state index in [1.165, 1.54) is 0 Å². The summed E-state index contributed by atoms with van der Waals surface area (Å²) in [5.41, 5.74) is -0.248. The molecule has 0 aromatic carbocycles. The summed E-state index contributed by atoms with van der Waals surface area (Å²) in [5.74, 6) is -1.11. The van der Waals surface area contributed by atoms with E-state index in [4.69, 9.17) is 16.7 Å². The Hall–Kier alpha value is -1.89. The van der Waals surface area contributed by atoms with Crippen molar-refractivity contribution in [2.24, 2.45) is 5.92 Å². The number of pyridine rings is 1. The van der Waals surface area contributed by atoms with Crippen molar-refractivity contribution in [3.05, 3.63) is 27.4 Å². The first kappa shape index (κ1) is 14.2. The quantitative estimate of drug-likeness (QED) is 0.629. The molecular formula is C10H12ClN3O4. The Morgan fingerprint density at radius 1 is 1.61 bits per heavy atom. The first-order valence-corrected chi connectivity index (χ1v) is 5.50. The van der Waals surface area contributed by atoms with Crippen molar-refractivity contribution in [3.8, 4) is 0 Å². The molecule has 0 aliphatic carbocycles. The van der Waals surface area contributed by atoms with Gasteiger partial charge in [0.15, 0.2) is 0 Å². The monoisotopic (exact) mass is 273 g/mol. The number of halogens is 1. The molecule has 1 aromatic heterocycles. The Balaban J connectivity index is 2.97. The molecule has 2 N–H and O–H groups in total. The van der Waals surface area contributed by atoms with E-state index in [0.29, 0.717) is 0 Å². The lowest BCUT2D eigenvalue weighted by Crippen LogP contribution is -2.34. The number of carbonyl (C=O) groups is 1. The number of nitrogens with one attached hydrogen (secondary N) is 1. The third-order valence-electron chi connectivity index (χ3n) is 2.26. The average molecular weight is 274 g/mol. The van der Waals surface area contributed by atoms with E-state index >= 15 is 0 Å². The normalized spacial score (nSPS) is 12.2. The number of aromatic nitrogens is 1. The van der Waals surface area contributed by atoms with Gasteiger partial charge in [0.1, 0.15) is 18.1 Å². The molecule has 8 heteroatoms. The van der Waals surface area contributed by atoms with Crippen LogP contribution in [0.5, 0.6) is 0 Å². The molecule has 98 valence electrons. The minimum Gasteiger partial charge on any atom is -0.480 e. The minimum absolute atomic E-state index is 0.0103. The number of anilines is 1. The first-order chi connectivity index (χ1) is 8.32. The van der Waals surface area contributed by atoms with Crippen molar-refractivity contribution in [3.63, 3.8) is 0 Å². The number of nitrogens with zero attached hydrogens (tertiary/aromatic N) is 2. The van der Waals surface area contributed by atoms with Crippen LogP contribution in [-0.2, 0) is 4.79 Å². The molecule has 7 nitrogen and oxygen atoms in total. The fraction of sp³-hybridized carbons (Fsp3) is 0.400. The van der Waals surface area contributed by atoms with Gasteiger partial charge in [-0.25, -0.2) is 9.78 Å². The largest absolute Gasteiger partial charge is 0.480 e. The lowest BCUT2D eigenvalue weighted by molar-refractivity contribution is -0.385. The lowest BCUT2D eigenvalue weighted by Gasteiger charge is -2.18. The smallest absolute Gasteiger partial charge is 0.326 e. The van der Waals surface area contributed by atoms with Gasteiger partial charge in [-0.1, -0.05) is 25.4 Å². The number of hydrogen-bond donors (Lipinski definition) is 2. The first-order valence-electron chi connectivity index (χ1n) is 5.12. The molecule has 1 heterocycles. The Labute approximate surface area is 108 Å². The van der Waals surface area contributed by atoms with E-state index in [1.54, 1.807) is 13.8 Å². The Bertz CT molecular complexity index is 478. The highest BCUT2D eigenvalue weighted by Gasteiger charge is 2.23. The standard InChI is InChI=1S/C10H12ClN3O4/c1-5(2)8(10(15)16)13-9-7(11)3-6(4-12-9)14(17)18/h3-5,8H,1-2H3,(H,12,13)(H,15,16). The molecule has 0 saturated heterocycles. The second kappa shape index (κ2) is 5.63. The number of nitro groups is 1. The molecule has 1 unspecified atom stereocenters. The van der Waals surface area contributed by atoms with Gasteiger partial charge in [-0.3, -0.25) is 10.1 Å². The predicted octanol–water partition coefficient (Wildman–Crippen LogP) is 2.16. The molecule has 0 fully saturated rings. The van der Waals surface area contributed by atoms with E-state index in [2.05, 4.69) is 10.3 Å². The van der Waals surface area contributed by atoms with E-state index in [-0.39, 0.29) is 22.4 Å². The van der Waals surface area contributed by atoms with E-state index in [9.17, 15) is 14.9 Å². The zero-order valence-corrected chi connectivity index (χ0v) is 10.5. The predicted molar refractivity (Wildman–Crippen MR) is 65.8 cm³/mol. The van der Waals surface area contributed by atoms with E-state index in [1.807, 2.05) is 0 Å². The van der Waals surface area contributed by atoms with Crippen LogP contribution in [0.1, 0.15) is 13.8 Å². The molecule has 1 rings (SSSR count). The third-order valence-corrected chi connectivity index (χ3v) is 2.55. The third kappa shape index (κ3) is 3.30. The molecule has 0 saturated carbocycles. The van der Waals surface area contributed by atoms with Gasteiger partial charge < -0.3 is 10.4 Å². The van der Waals surface area contributed by atoms with Gasteiger partial charge >= 0.3 is 5.97 Å². The number of rotatable bonds is 5. The fourth-order valence-electron chi connectivity index (χ4n) is 1.29. The summed E-state index contributed by atoms with van der Waals surface area (Å²) in [7, 11) is 0. The maximum Gasteiger partial charge on any atom is 0.326 e. The number of carboxylic acids is 1.